The summed E-state index contributed by atoms with van der Waals surface area (Å²) in [4.78, 5) is 7.11. The maximum absolute atomic E-state index is 14.4. The highest BCUT2D eigenvalue weighted by Crippen LogP contribution is 2.39. The lowest BCUT2D eigenvalue weighted by atomic mass is 9.80. The van der Waals surface area contributed by atoms with Crippen molar-refractivity contribution < 1.29 is 94.8 Å². The first-order valence-electron chi connectivity index (χ1n) is 26.7. The third kappa shape index (κ3) is 22.0. The Balaban J connectivity index is 0.000000261. The zero-order valence-corrected chi connectivity index (χ0v) is 50.8. The van der Waals surface area contributed by atoms with Crippen LogP contribution in [0.4, 0.5) is 61.5 Å². The third-order valence-electron chi connectivity index (χ3n) is 13.5. The lowest BCUT2D eigenvalue weighted by molar-refractivity contribution is -0.257. The molecule has 3 saturated carbocycles. The van der Waals surface area contributed by atoms with Gasteiger partial charge < -0.3 is 33.4 Å². The number of alkyl halides is 13. The zero-order valence-electron chi connectivity index (χ0n) is 46.8. The standard InChI is InChI=1S/C18H14F6N4O2.C13H16BF4NO3.C11H10BrF2N3O.C7H3BrClF2N3.C4H8O.4CH4/c19-13-5-12(6-25-15(13)29-9-17(20,21)22)11-3-4-14-26-27-16(28(14)7-11)18(23,24)30-8-10-1-2-10;1-11(2)12(3,4)22-14(21-11)8-5-9(15)10(19-6-8)20-7-13(16,17)18;12-8-3-4-9-15-16-10(17(9)5-8)11(13,14)18-6-7-1-2-7;8-4-1-2-5-12-13-6(7(9,10)11)14(5)3-4;5-3-4-1-2-4;;;;/h3-7,10H,1-2,8-9H2;5-6H,7H2,1-4H3;3-5,7H,1-2,6H2;1-3H;4-5H,1-3H2;4*1H4. The van der Waals surface area contributed by atoms with Crippen molar-refractivity contribution in [2.45, 2.75) is 137 Å². The van der Waals surface area contributed by atoms with Gasteiger partial charge in [-0.3, -0.25) is 13.2 Å². The molecule has 3 aliphatic carbocycles. The lowest BCUT2D eigenvalue weighted by Gasteiger charge is -2.32. The second-order valence-electron chi connectivity index (χ2n) is 21.5. The Morgan fingerprint density at radius 1 is 0.548 bits per heavy atom. The number of hydrogen-bond acceptors (Lipinski definition) is 15. The fourth-order valence-electron chi connectivity index (χ4n) is 7.47. The smallest absolute Gasteiger partial charge is 0.466 e. The Labute approximate surface area is 547 Å². The molecule has 4 fully saturated rings. The predicted octanol–water partition coefficient (Wildman–Crippen LogP) is 15.5. The molecule has 0 atom stereocenters. The summed E-state index contributed by atoms with van der Waals surface area (Å²) in [5.41, 5.74) is 0.244. The quantitative estimate of drug-likeness (QED) is 0.0545. The molecular formula is C57H67BBr2ClF14N11O7. The Kier molecular flexibility index (Phi) is 27.0. The second kappa shape index (κ2) is 31.6. The summed E-state index contributed by atoms with van der Waals surface area (Å²) in [7, 11) is -0.844. The second-order valence-corrected chi connectivity index (χ2v) is 23.8. The van der Waals surface area contributed by atoms with Gasteiger partial charge in [0.05, 0.1) is 24.4 Å². The molecule has 514 valence electrons. The van der Waals surface area contributed by atoms with Gasteiger partial charge in [-0.2, -0.15) is 52.7 Å². The first kappa shape index (κ1) is 79.3. The minimum Gasteiger partial charge on any atom is -0.466 e. The van der Waals surface area contributed by atoms with Gasteiger partial charge in [0, 0.05) is 63.1 Å². The molecule has 0 spiro atoms. The summed E-state index contributed by atoms with van der Waals surface area (Å²) in [6.45, 7) is 4.41. The number of aliphatic hydroxyl groups is 1. The SMILES string of the molecule is C.C.C.C.CC1(C)OB(c2cnc(OCC(F)(F)F)c(F)c2)OC1(C)C.FC(F)(Cl)c1nnc2ccc(Br)cn12.FC(F)(OCC1CC1)c1nnc2ccc(Br)cn12.Fc1cc(-c2ccc3nnc(C(F)(F)OCC4CC4)n3c2)cnc1OCC(F)(F)F.OCC1CC1. The highest BCUT2D eigenvalue weighted by molar-refractivity contribution is 9.10. The minimum absolute atomic E-state index is 0. The molecule has 0 unspecified atom stereocenters. The van der Waals surface area contributed by atoms with E-state index in [1.54, 1.807) is 24.3 Å². The maximum Gasteiger partial charge on any atom is 0.496 e. The van der Waals surface area contributed by atoms with Crippen LogP contribution >= 0.6 is 43.5 Å². The molecule has 8 aromatic heterocycles. The number of aliphatic hydroxyl groups excluding tert-OH is 1. The summed E-state index contributed by atoms with van der Waals surface area (Å²) in [5.74, 6) is -4.40. The number of fused-ring (bicyclic) bond motifs is 3. The van der Waals surface area contributed by atoms with Gasteiger partial charge in [0.15, 0.2) is 41.8 Å². The van der Waals surface area contributed by atoms with Crippen LogP contribution in [0.25, 0.3) is 28.1 Å². The molecule has 1 N–H and O–H groups in total. The fraction of sp³-hybridized carbons (Fsp3) is 0.509. The van der Waals surface area contributed by atoms with Crippen LogP contribution in [0.3, 0.4) is 0 Å². The highest BCUT2D eigenvalue weighted by atomic mass is 79.9. The summed E-state index contributed by atoms with van der Waals surface area (Å²) < 4.78 is 217. The van der Waals surface area contributed by atoms with E-state index in [1.807, 2.05) is 27.7 Å². The first-order chi connectivity index (χ1) is 41.5. The van der Waals surface area contributed by atoms with E-state index in [4.69, 9.17) is 30.8 Å². The first-order valence-corrected chi connectivity index (χ1v) is 28.6. The molecule has 9 heterocycles. The molecule has 36 heteroatoms. The van der Waals surface area contributed by atoms with Crippen LogP contribution in [-0.4, -0.2) is 123 Å². The van der Waals surface area contributed by atoms with Crippen LogP contribution in [0.1, 0.15) is 113 Å². The molecule has 8 aromatic rings. The third-order valence-corrected chi connectivity index (χ3v) is 14.6. The van der Waals surface area contributed by atoms with Crippen LogP contribution in [0.15, 0.2) is 88.5 Å². The van der Waals surface area contributed by atoms with Crippen LogP contribution < -0.4 is 14.9 Å². The van der Waals surface area contributed by atoms with Crippen molar-refractivity contribution in [3.63, 3.8) is 0 Å². The summed E-state index contributed by atoms with van der Waals surface area (Å²) in [5, 5.41) is 26.0. The predicted molar refractivity (Wildman–Crippen MR) is 322 cm³/mol. The summed E-state index contributed by atoms with van der Waals surface area (Å²) in [6.07, 6.45) is -3.76. The van der Waals surface area contributed by atoms with Crippen LogP contribution in [0, 0.1) is 29.4 Å². The average molecular weight is 1490 g/mol. The maximum atomic E-state index is 14.4. The zero-order chi connectivity index (χ0) is 65.1. The Morgan fingerprint density at radius 2 is 0.935 bits per heavy atom. The van der Waals surface area contributed by atoms with Crippen molar-refractivity contribution in [3.8, 4) is 22.9 Å². The van der Waals surface area contributed by atoms with Gasteiger partial charge in [-0.1, -0.05) is 29.7 Å². The van der Waals surface area contributed by atoms with Crippen molar-refractivity contribution in [2.75, 3.05) is 33.0 Å². The molecule has 1 saturated heterocycles. The van der Waals surface area contributed by atoms with E-state index in [0.717, 1.165) is 52.8 Å². The van der Waals surface area contributed by atoms with E-state index in [0.29, 0.717) is 32.8 Å². The van der Waals surface area contributed by atoms with Crippen LogP contribution in [0.5, 0.6) is 11.8 Å². The normalized spacial score (nSPS) is 15.9. The van der Waals surface area contributed by atoms with E-state index < -0.39 is 102 Å². The van der Waals surface area contributed by atoms with Crippen LogP contribution in [0.2, 0.25) is 0 Å². The monoisotopic (exact) mass is 1490 g/mol. The highest BCUT2D eigenvalue weighted by Gasteiger charge is 2.52. The number of aromatic nitrogens is 11. The number of ether oxygens (including phenoxy) is 4. The van der Waals surface area contributed by atoms with Crippen molar-refractivity contribution >= 4 is 73.0 Å². The average Bonchev–Trinajstić information content (AvgIpc) is 1.69. The van der Waals surface area contributed by atoms with E-state index in [9.17, 15) is 61.5 Å². The lowest BCUT2D eigenvalue weighted by Crippen LogP contribution is -2.41. The number of pyridine rings is 5. The van der Waals surface area contributed by atoms with Crippen LogP contribution in [-0.2, 0) is 36.4 Å². The minimum atomic E-state index is -4.64. The molecule has 12 rings (SSSR count). The van der Waals surface area contributed by atoms with Gasteiger partial charge >= 0.3 is 37.1 Å². The molecular weight excluding hydrogens is 1420 g/mol. The van der Waals surface area contributed by atoms with Crippen molar-refractivity contribution in [3.05, 3.63) is 118 Å². The Bertz CT molecular complexity index is 3710. The van der Waals surface area contributed by atoms with E-state index in [1.165, 1.54) is 54.2 Å². The van der Waals surface area contributed by atoms with Crippen molar-refractivity contribution in [1.82, 2.24) is 53.8 Å². The Hall–Kier alpha value is -6.11. The molecule has 4 aliphatic rings. The molecule has 0 aromatic carbocycles. The van der Waals surface area contributed by atoms with E-state index in [2.05, 4.69) is 86.6 Å². The fourth-order valence-corrected chi connectivity index (χ4v) is 8.27. The largest absolute Gasteiger partial charge is 0.496 e. The van der Waals surface area contributed by atoms with Gasteiger partial charge in [-0.15, -0.1) is 30.6 Å². The summed E-state index contributed by atoms with van der Waals surface area (Å²) >= 11 is 11.2. The van der Waals surface area contributed by atoms with Gasteiger partial charge in [0.25, 0.3) is 11.8 Å². The number of halogens is 17. The van der Waals surface area contributed by atoms with Gasteiger partial charge in [0.2, 0.25) is 17.5 Å². The van der Waals surface area contributed by atoms with E-state index >= 15 is 0 Å². The summed E-state index contributed by atoms with van der Waals surface area (Å²) in [6, 6.07) is 11.3. The van der Waals surface area contributed by atoms with Crippen molar-refractivity contribution in [2.24, 2.45) is 17.8 Å². The molecule has 0 amide bonds. The molecule has 93 heavy (non-hydrogen) atoms. The number of hydrogen-bond donors (Lipinski definition) is 1. The van der Waals surface area contributed by atoms with Gasteiger partial charge in [-0.05, 0) is 176 Å². The number of rotatable bonds is 16. The van der Waals surface area contributed by atoms with E-state index in [-0.39, 0.29) is 77.0 Å². The molecule has 18 nitrogen and oxygen atoms in total. The van der Waals surface area contributed by atoms with Gasteiger partial charge in [0.1, 0.15) is 0 Å². The molecule has 0 bridgehead atoms. The van der Waals surface area contributed by atoms with Gasteiger partial charge in [-0.25, -0.2) is 18.7 Å². The number of nitrogens with zero attached hydrogens (tertiary/aromatic N) is 11. The molecule has 0 radical (unpaired) electrons. The molecule has 1 aliphatic heterocycles. The Morgan fingerprint density at radius 3 is 1.31 bits per heavy atom. The van der Waals surface area contributed by atoms with Crippen molar-refractivity contribution in [1.29, 1.82) is 0 Å². The topological polar surface area (TPSA) is 192 Å².